The lowest BCUT2D eigenvalue weighted by molar-refractivity contribution is -0.134. The van der Waals surface area contributed by atoms with Crippen LogP contribution in [0.2, 0.25) is 0 Å². The van der Waals surface area contributed by atoms with Gasteiger partial charge in [-0.05, 0) is 80.7 Å². The average molecular weight is 532 g/mol. The SMILES string of the molecule is Cc1ccc(OCC(=O)N2CCC(c3nc(C(=O)N4CCC(Cc5ccccc5)CC4)cs3)CC2)cc1C. The Morgan fingerprint density at radius 3 is 2.34 bits per heavy atom. The van der Waals surface area contributed by atoms with Gasteiger partial charge in [-0.1, -0.05) is 36.4 Å². The molecule has 2 amide bonds. The van der Waals surface area contributed by atoms with Crippen molar-refractivity contribution < 1.29 is 14.3 Å². The van der Waals surface area contributed by atoms with Gasteiger partial charge in [0.2, 0.25) is 0 Å². The number of nitrogens with zero attached hydrogens (tertiary/aromatic N) is 3. The zero-order chi connectivity index (χ0) is 26.5. The molecular formula is C31H37N3O3S. The first-order chi connectivity index (χ1) is 18.5. The molecule has 2 aliphatic heterocycles. The first-order valence-corrected chi connectivity index (χ1v) is 14.6. The van der Waals surface area contributed by atoms with Crippen LogP contribution in [0, 0.1) is 19.8 Å². The van der Waals surface area contributed by atoms with Crippen molar-refractivity contribution in [3.8, 4) is 5.75 Å². The monoisotopic (exact) mass is 531 g/mol. The van der Waals surface area contributed by atoms with E-state index in [0.717, 1.165) is 61.5 Å². The highest BCUT2D eigenvalue weighted by Gasteiger charge is 2.29. The normalized spacial score (nSPS) is 17.0. The topological polar surface area (TPSA) is 62.7 Å². The molecule has 0 N–H and O–H groups in total. The summed E-state index contributed by atoms with van der Waals surface area (Å²) in [5, 5.41) is 2.94. The van der Waals surface area contributed by atoms with Crippen LogP contribution in [0.3, 0.4) is 0 Å². The molecule has 0 atom stereocenters. The van der Waals surface area contributed by atoms with Crippen molar-refractivity contribution in [3.05, 3.63) is 81.3 Å². The number of benzene rings is 2. The van der Waals surface area contributed by atoms with Crippen LogP contribution in [0.5, 0.6) is 5.75 Å². The Morgan fingerprint density at radius 2 is 1.63 bits per heavy atom. The number of rotatable bonds is 7. The van der Waals surface area contributed by atoms with Crippen LogP contribution in [0.25, 0.3) is 0 Å². The van der Waals surface area contributed by atoms with Crippen molar-refractivity contribution in [3.63, 3.8) is 0 Å². The summed E-state index contributed by atoms with van der Waals surface area (Å²) in [6, 6.07) is 16.5. The molecule has 7 heteroatoms. The molecule has 0 radical (unpaired) electrons. The highest BCUT2D eigenvalue weighted by atomic mass is 32.1. The van der Waals surface area contributed by atoms with Crippen LogP contribution in [-0.2, 0) is 11.2 Å². The summed E-state index contributed by atoms with van der Waals surface area (Å²) in [7, 11) is 0. The molecule has 3 heterocycles. The lowest BCUT2D eigenvalue weighted by Gasteiger charge is -2.32. The summed E-state index contributed by atoms with van der Waals surface area (Å²) < 4.78 is 5.75. The van der Waals surface area contributed by atoms with Crippen molar-refractivity contribution >= 4 is 23.2 Å². The van der Waals surface area contributed by atoms with Gasteiger partial charge in [0, 0.05) is 37.5 Å². The van der Waals surface area contributed by atoms with E-state index in [4.69, 9.17) is 9.72 Å². The maximum absolute atomic E-state index is 13.1. The van der Waals surface area contributed by atoms with Gasteiger partial charge in [-0.2, -0.15) is 0 Å². The number of hydrogen-bond donors (Lipinski definition) is 0. The van der Waals surface area contributed by atoms with E-state index in [0.29, 0.717) is 30.6 Å². The molecule has 3 aromatic rings. The molecule has 1 aromatic heterocycles. The number of likely N-dealkylation sites (tertiary alicyclic amines) is 2. The number of thiazole rings is 1. The van der Waals surface area contributed by atoms with Crippen molar-refractivity contribution in [2.75, 3.05) is 32.8 Å². The van der Waals surface area contributed by atoms with Crippen LogP contribution >= 0.6 is 11.3 Å². The highest BCUT2D eigenvalue weighted by molar-refractivity contribution is 7.09. The zero-order valence-corrected chi connectivity index (χ0v) is 23.2. The summed E-state index contributed by atoms with van der Waals surface area (Å²) in [6.45, 7) is 7.15. The molecule has 5 rings (SSSR count). The van der Waals surface area contributed by atoms with Gasteiger partial charge >= 0.3 is 0 Å². The van der Waals surface area contributed by atoms with Crippen LogP contribution in [0.4, 0.5) is 0 Å². The van der Waals surface area contributed by atoms with Crippen LogP contribution in [-0.4, -0.2) is 59.4 Å². The van der Waals surface area contributed by atoms with Gasteiger partial charge < -0.3 is 14.5 Å². The molecule has 2 saturated heterocycles. The Balaban J connectivity index is 1.07. The molecule has 2 aromatic carbocycles. The first-order valence-electron chi connectivity index (χ1n) is 13.7. The number of aryl methyl sites for hydroxylation is 2. The number of amides is 2. The molecule has 0 bridgehead atoms. The van der Waals surface area contributed by atoms with E-state index in [9.17, 15) is 9.59 Å². The average Bonchev–Trinajstić information content (AvgIpc) is 3.45. The molecule has 2 aliphatic rings. The van der Waals surface area contributed by atoms with E-state index in [1.165, 1.54) is 11.1 Å². The quantitative estimate of drug-likeness (QED) is 0.396. The molecular weight excluding hydrogens is 494 g/mol. The fourth-order valence-electron chi connectivity index (χ4n) is 5.44. The lowest BCUT2D eigenvalue weighted by atomic mass is 9.90. The van der Waals surface area contributed by atoms with Crippen LogP contribution < -0.4 is 4.74 Å². The zero-order valence-electron chi connectivity index (χ0n) is 22.4. The second-order valence-corrected chi connectivity index (χ2v) is 11.6. The minimum atomic E-state index is 0.0207. The maximum atomic E-state index is 13.1. The Hall–Kier alpha value is -3.19. The number of aromatic nitrogens is 1. The summed E-state index contributed by atoms with van der Waals surface area (Å²) >= 11 is 1.58. The Bertz CT molecular complexity index is 1240. The molecule has 0 aliphatic carbocycles. The molecule has 2 fully saturated rings. The number of carbonyl (C=O) groups excluding carboxylic acids is 2. The molecule has 38 heavy (non-hydrogen) atoms. The standard InChI is InChI=1S/C31H37N3O3S/c1-22-8-9-27(18-23(22)2)37-20-29(35)33-16-12-26(13-17-33)30-32-28(21-38-30)31(36)34-14-10-25(11-15-34)19-24-6-4-3-5-7-24/h3-9,18,21,25-26H,10-17,19-20H2,1-2H3. The van der Waals surface area contributed by atoms with Gasteiger partial charge in [0.05, 0.1) is 5.01 Å². The highest BCUT2D eigenvalue weighted by Crippen LogP contribution is 2.31. The van der Waals surface area contributed by atoms with Gasteiger partial charge in [-0.15, -0.1) is 11.3 Å². The number of hydrogen-bond acceptors (Lipinski definition) is 5. The minimum Gasteiger partial charge on any atom is -0.484 e. The number of piperidine rings is 2. The van der Waals surface area contributed by atoms with Gasteiger partial charge in [0.15, 0.2) is 6.61 Å². The first kappa shape index (κ1) is 26.4. The summed E-state index contributed by atoms with van der Waals surface area (Å²) in [5.74, 6) is 1.74. The third-order valence-electron chi connectivity index (χ3n) is 8.05. The molecule has 0 unspecified atom stereocenters. The molecule has 200 valence electrons. The molecule has 0 saturated carbocycles. The molecule has 6 nitrogen and oxygen atoms in total. The van der Waals surface area contributed by atoms with Crippen LogP contribution in [0.1, 0.15) is 63.8 Å². The van der Waals surface area contributed by atoms with Crippen molar-refractivity contribution in [1.82, 2.24) is 14.8 Å². The second-order valence-electron chi connectivity index (χ2n) is 10.7. The van der Waals surface area contributed by atoms with E-state index in [2.05, 4.69) is 37.3 Å². The Morgan fingerprint density at radius 1 is 0.921 bits per heavy atom. The van der Waals surface area contributed by atoms with Crippen molar-refractivity contribution in [2.45, 2.75) is 51.9 Å². The Labute approximate surface area is 229 Å². The summed E-state index contributed by atoms with van der Waals surface area (Å²) in [4.78, 5) is 34.4. The largest absolute Gasteiger partial charge is 0.484 e. The van der Waals surface area contributed by atoms with Gasteiger partial charge in [0.25, 0.3) is 11.8 Å². The number of ether oxygens (including phenoxy) is 1. The van der Waals surface area contributed by atoms with E-state index < -0.39 is 0 Å². The maximum Gasteiger partial charge on any atom is 0.273 e. The summed E-state index contributed by atoms with van der Waals surface area (Å²) in [6.07, 6.45) is 4.89. The third-order valence-corrected chi connectivity index (χ3v) is 9.05. The van der Waals surface area contributed by atoms with Gasteiger partial charge in [-0.25, -0.2) is 4.98 Å². The smallest absolute Gasteiger partial charge is 0.273 e. The second kappa shape index (κ2) is 12.1. The van der Waals surface area contributed by atoms with E-state index in [1.807, 2.05) is 40.3 Å². The van der Waals surface area contributed by atoms with Crippen molar-refractivity contribution in [1.29, 1.82) is 0 Å². The summed E-state index contributed by atoms with van der Waals surface area (Å²) in [5.41, 5.74) is 4.32. The fourth-order valence-corrected chi connectivity index (χ4v) is 6.40. The predicted octanol–water partition coefficient (Wildman–Crippen LogP) is 5.64. The molecule has 0 spiro atoms. The van der Waals surface area contributed by atoms with Gasteiger partial charge in [0.1, 0.15) is 11.4 Å². The predicted molar refractivity (Wildman–Crippen MR) is 151 cm³/mol. The van der Waals surface area contributed by atoms with E-state index >= 15 is 0 Å². The van der Waals surface area contributed by atoms with Crippen LogP contribution in [0.15, 0.2) is 53.9 Å². The Kier molecular flexibility index (Phi) is 8.42. The van der Waals surface area contributed by atoms with Gasteiger partial charge in [-0.3, -0.25) is 9.59 Å². The van der Waals surface area contributed by atoms with Crippen molar-refractivity contribution in [2.24, 2.45) is 5.92 Å². The lowest BCUT2D eigenvalue weighted by Crippen LogP contribution is -2.40. The number of carbonyl (C=O) groups is 2. The minimum absolute atomic E-state index is 0.0207. The van der Waals surface area contributed by atoms with E-state index in [1.54, 1.807) is 11.3 Å². The fraction of sp³-hybridized carbons (Fsp3) is 0.452. The van der Waals surface area contributed by atoms with E-state index in [-0.39, 0.29) is 18.4 Å². The third kappa shape index (κ3) is 6.44.